The first kappa shape index (κ1) is 15.2. The van der Waals surface area contributed by atoms with Gasteiger partial charge in [0, 0.05) is 12.1 Å². The molecule has 0 unspecified atom stereocenters. The normalized spacial score (nSPS) is 14.5. The van der Waals surface area contributed by atoms with E-state index in [1.54, 1.807) is 18.2 Å². The molecule has 1 aliphatic heterocycles. The van der Waals surface area contributed by atoms with Crippen molar-refractivity contribution in [3.63, 3.8) is 0 Å². The molecule has 23 heavy (non-hydrogen) atoms. The summed E-state index contributed by atoms with van der Waals surface area (Å²) in [4.78, 5) is 12.7. The van der Waals surface area contributed by atoms with Gasteiger partial charge in [-0.05, 0) is 25.5 Å². The number of hydrogen-bond acceptors (Lipinski definition) is 4. The zero-order valence-corrected chi connectivity index (χ0v) is 13.2. The molecule has 2 aromatic carbocycles. The number of hydrogen-bond donors (Lipinski definition) is 0. The molecular formula is C19H18O4. The van der Waals surface area contributed by atoms with Crippen molar-refractivity contribution in [1.82, 2.24) is 0 Å². The van der Waals surface area contributed by atoms with Crippen LogP contribution in [0.1, 0.15) is 29.8 Å². The summed E-state index contributed by atoms with van der Waals surface area (Å²) in [7, 11) is 0. The number of ketones is 1. The van der Waals surface area contributed by atoms with E-state index in [-0.39, 0.29) is 5.78 Å². The van der Waals surface area contributed by atoms with Gasteiger partial charge in [0.1, 0.15) is 22.8 Å². The molecule has 0 spiro atoms. The van der Waals surface area contributed by atoms with Crippen LogP contribution in [0.25, 0.3) is 6.08 Å². The Hall–Kier alpha value is -2.75. The highest BCUT2D eigenvalue weighted by Crippen LogP contribution is 2.41. The lowest BCUT2D eigenvalue weighted by Crippen LogP contribution is -2.02. The fourth-order valence-corrected chi connectivity index (χ4v) is 2.47. The SMILES string of the molecule is CCOc1cc(OCC)c2c(c1)O/C(=C\c1ccccc1)C2=O. The number of allylic oxidation sites excluding steroid dienone is 1. The molecule has 0 fully saturated rings. The minimum absolute atomic E-state index is 0.171. The van der Waals surface area contributed by atoms with Gasteiger partial charge in [-0.3, -0.25) is 4.79 Å². The second-order valence-corrected chi connectivity index (χ2v) is 5.01. The number of carbonyl (C=O) groups excluding carboxylic acids is 1. The van der Waals surface area contributed by atoms with Crippen molar-refractivity contribution in [2.45, 2.75) is 13.8 Å². The van der Waals surface area contributed by atoms with Crippen LogP contribution in [0.15, 0.2) is 48.2 Å². The Balaban J connectivity index is 2.01. The lowest BCUT2D eigenvalue weighted by molar-refractivity contribution is 0.101. The smallest absolute Gasteiger partial charge is 0.235 e. The Morgan fingerprint density at radius 1 is 1.04 bits per heavy atom. The van der Waals surface area contributed by atoms with Crippen LogP contribution in [0.4, 0.5) is 0 Å². The predicted octanol–water partition coefficient (Wildman–Crippen LogP) is 4.10. The third kappa shape index (κ3) is 3.06. The summed E-state index contributed by atoms with van der Waals surface area (Å²) >= 11 is 0. The lowest BCUT2D eigenvalue weighted by Gasteiger charge is -2.10. The summed E-state index contributed by atoms with van der Waals surface area (Å²) in [6.07, 6.45) is 1.73. The third-order valence-electron chi connectivity index (χ3n) is 3.42. The summed E-state index contributed by atoms with van der Waals surface area (Å²) in [5, 5.41) is 0. The maximum atomic E-state index is 12.7. The molecule has 0 aromatic heterocycles. The summed E-state index contributed by atoms with van der Waals surface area (Å²) < 4.78 is 16.9. The van der Waals surface area contributed by atoms with Crippen molar-refractivity contribution in [3.05, 3.63) is 59.4 Å². The molecule has 4 heteroatoms. The van der Waals surface area contributed by atoms with Crippen LogP contribution >= 0.6 is 0 Å². The number of benzene rings is 2. The molecule has 1 aliphatic rings. The molecule has 3 rings (SSSR count). The summed E-state index contributed by atoms with van der Waals surface area (Å²) in [5.41, 5.74) is 1.36. The van der Waals surface area contributed by atoms with Crippen LogP contribution in [0.2, 0.25) is 0 Å². The van der Waals surface area contributed by atoms with Gasteiger partial charge in [-0.2, -0.15) is 0 Å². The number of ether oxygens (including phenoxy) is 3. The van der Waals surface area contributed by atoms with Gasteiger partial charge in [0.2, 0.25) is 5.78 Å². The van der Waals surface area contributed by atoms with Gasteiger partial charge in [0.25, 0.3) is 0 Å². The van der Waals surface area contributed by atoms with Crippen molar-refractivity contribution in [1.29, 1.82) is 0 Å². The topological polar surface area (TPSA) is 44.8 Å². The molecule has 2 aromatic rings. The Labute approximate surface area is 135 Å². The van der Waals surface area contributed by atoms with E-state index < -0.39 is 0 Å². The van der Waals surface area contributed by atoms with Gasteiger partial charge in [0.05, 0.1) is 13.2 Å². The fraction of sp³-hybridized carbons (Fsp3) is 0.211. The van der Waals surface area contributed by atoms with Crippen molar-refractivity contribution < 1.29 is 19.0 Å². The molecule has 4 nitrogen and oxygen atoms in total. The maximum Gasteiger partial charge on any atom is 0.235 e. The number of fused-ring (bicyclic) bond motifs is 1. The molecule has 1 heterocycles. The van der Waals surface area contributed by atoms with Crippen LogP contribution in [-0.4, -0.2) is 19.0 Å². The predicted molar refractivity (Wildman–Crippen MR) is 88.2 cm³/mol. The van der Waals surface area contributed by atoms with E-state index in [4.69, 9.17) is 14.2 Å². The standard InChI is InChI=1S/C19H18O4/c1-3-21-14-11-15(22-4-2)18-16(12-14)23-17(19(18)20)10-13-8-6-5-7-9-13/h5-12H,3-4H2,1-2H3/b17-10-. The van der Waals surface area contributed by atoms with E-state index in [1.807, 2.05) is 44.2 Å². The highest BCUT2D eigenvalue weighted by Gasteiger charge is 2.32. The second-order valence-electron chi connectivity index (χ2n) is 5.01. The minimum atomic E-state index is -0.171. The molecule has 0 bridgehead atoms. The molecule has 0 radical (unpaired) electrons. The minimum Gasteiger partial charge on any atom is -0.494 e. The fourth-order valence-electron chi connectivity index (χ4n) is 2.47. The van der Waals surface area contributed by atoms with Gasteiger partial charge in [-0.25, -0.2) is 0 Å². The van der Waals surface area contributed by atoms with E-state index in [9.17, 15) is 4.79 Å². The number of rotatable bonds is 5. The van der Waals surface area contributed by atoms with E-state index in [0.717, 1.165) is 5.56 Å². The number of Topliss-reactive ketones (excluding diaryl/α,β-unsaturated/α-hetero) is 1. The van der Waals surface area contributed by atoms with Gasteiger partial charge in [-0.15, -0.1) is 0 Å². The maximum absolute atomic E-state index is 12.7. The first-order chi connectivity index (χ1) is 11.2. The van der Waals surface area contributed by atoms with E-state index in [2.05, 4.69) is 0 Å². The molecule has 0 saturated carbocycles. The molecule has 0 amide bonds. The summed E-state index contributed by atoms with van der Waals surface area (Å²) in [5.74, 6) is 1.72. The zero-order valence-electron chi connectivity index (χ0n) is 13.2. The molecule has 0 aliphatic carbocycles. The van der Waals surface area contributed by atoms with Gasteiger partial charge >= 0.3 is 0 Å². The quantitative estimate of drug-likeness (QED) is 0.780. The second kappa shape index (κ2) is 6.57. The van der Waals surface area contributed by atoms with E-state index in [0.29, 0.717) is 41.8 Å². The Morgan fingerprint density at radius 3 is 2.48 bits per heavy atom. The van der Waals surface area contributed by atoms with Crippen molar-refractivity contribution in [2.24, 2.45) is 0 Å². The Bertz CT molecular complexity index is 747. The van der Waals surface area contributed by atoms with Crippen LogP contribution in [-0.2, 0) is 0 Å². The van der Waals surface area contributed by atoms with Crippen LogP contribution in [0.3, 0.4) is 0 Å². The summed E-state index contributed by atoms with van der Waals surface area (Å²) in [6.45, 7) is 4.78. The third-order valence-corrected chi connectivity index (χ3v) is 3.42. The first-order valence-corrected chi connectivity index (χ1v) is 7.65. The highest BCUT2D eigenvalue weighted by molar-refractivity contribution is 6.16. The average molecular weight is 310 g/mol. The Kier molecular flexibility index (Phi) is 4.33. The van der Waals surface area contributed by atoms with Gasteiger partial charge in [-0.1, -0.05) is 30.3 Å². The average Bonchev–Trinajstić information content (AvgIpc) is 2.85. The van der Waals surface area contributed by atoms with E-state index in [1.165, 1.54) is 0 Å². The first-order valence-electron chi connectivity index (χ1n) is 7.65. The molecule has 0 atom stereocenters. The van der Waals surface area contributed by atoms with Gasteiger partial charge in [0.15, 0.2) is 5.76 Å². The Morgan fingerprint density at radius 2 is 1.78 bits per heavy atom. The summed E-state index contributed by atoms with van der Waals surface area (Å²) in [6, 6.07) is 13.1. The van der Waals surface area contributed by atoms with Crippen LogP contribution in [0.5, 0.6) is 17.2 Å². The van der Waals surface area contributed by atoms with Crippen molar-refractivity contribution in [3.8, 4) is 17.2 Å². The molecule has 0 N–H and O–H groups in total. The number of carbonyl (C=O) groups is 1. The van der Waals surface area contributed by atoms with Crippen molar-refractivity contribution >= 4 is 11.9 Å². The monoisotopic (exact) mass is 310 g/mol. The largest absolute Gasteiger partial charge is 0.494 e. The molecule has 0 saturated heterocycles. The lowest BCUT2D eigenvalue weighted by atomic mass is 10.1. The highest BCUT2D eigenvalue weighted by atomic mass is 16.5. The van der Waals surface area contributed by atoms with Gasteiger partial charge < -0.3 is 14.2 Å². The van der Waals surface area contributed by atoms with Crippen LogP contribution in [0, 0.1) is 0 Å². The van der Waals surface area contributed by atoms with E-state index >= 15 is 0 Å². The molecular weight excluding hydrogens is 292 g/mol. The van der Waals surface area contributed by atoms with Crippen molar-refractivity contribution in [2.75, 3.05) is 13.2 Å². The van der Waals surface area contributed by atoms with Crippen LogP contribution < -0.4 is 14.2 Å². The molecule has 118 valence electrons. The zero-order chi connectivity index (χ0) is 16.2.